The van der Waals surface area contributed by atoms with Crippen LogP contribution in [0, 0.1) is 0 Å². The summed E-state index contributed by atoms with van der Waals surface area (Å²) in [5.41, 5.74) is 1.68. The van der Waals surface area contributed by atoms with Crippen LogP contribution in [-0.4, -0.2) is 45.6 Å². The lowest BCUT2D eigenvalue weighted by atomic mass is 10.0. The van der Waals surface area contributed by atoms with Gasteiger partial charge in [0.2, 0.25) is 0 Å². The number of rotatable bonds is 5. The largest absolute Gasteiger partial charge is 0.480 e. The minimum Gasteiger partial charge on any atom is -0.480 e. The Bertz CT molecular complexity index is 802. The normalized spacial score (nSPS) is 22.5. The number of fused-ring (bicyclic) bond motifs is 1. The zero-order valence-electron chi connectivity index (χ0n) is 15.0. The minimum atomic E-state index is -4.28. The summed E-state index contributed by atoms with van der Waals surface area (Å²) in [4.78, 5) is 22.7. The minimum absolute atomic E-state index is 0.0960. The van der Waals surface area contributed by atoms with E-state index in [0.717, 1.165) is 29.3 Å². The Labute approximate surface area is 133 Å². The smallest absolute Gasteiger partial charge is 0.362 e. The van der Waals surface area contributed by atoms with Gasteiger partial charge < -0.3 is 24.4 Å². The van der Waals surface area contributed by atoms with Gasteiger partial charge in [-0.2, -0.15) is 0 Å². The summed E-state index contributed by atoms with van der Waals surface area (Å²) >= 11 is 0. The SMILES string of the molecule is [2H]C([2H])([2H])N1CCC[C@@H]1Cc1c[nH]c2cccc(OCP(=O)(O)O)c12. The topological polar surface area (TPSA) is 85.8 Å². The van der Waals surface area contributed by atoms with Crippen LogP contribution >= 0.6 is 7.60 Å². The van der Waals surface area contributed by atoms with Gasteiger partial charge >= 0.3 is 7.60 Å². The molecule has 1 atom stereocenters. The van der Waals surface area contributed by atoms with E-state index in [1.54, 1.807) is 17.0 Å². The number of hydrogen-bond acceptors (Lipinski definition) is 3. The summed E-state index contributed by atoms with van der Waals surface area (Å²) in [7, 11) is -4.28. The van der Waals surface area contributed by atoms with Gasteiger partial charge in [0.25, 0.3) is 0 Å². The Morgan fingerprint density at radius 1 is 1.55 bits per heavy atom. The van der Waals surface area contributed by atoms with Gasteiger partial charge in [-0.15, -0.1) is 0 Å². The first-order chi connectivity index (χ1) is 11.6. The van der Waals surface area contributed by atoms with Gasteiger partial charge in [0.05, 0.1) is 0 Å². The monoisotopic (exact) mass is 327 g/mol. The molecule has 0 saturated carbocycles. The highest BCUT2D eigenvalue weighted by atomic mass is 31.2. The molecule has 2 aromatic rings. The third kappa shape index (κ3) is 3.36. The van der Waals surface area contributed by atoms with Crippen molar-refractivity contribution in [3.05, 3.63) is 30.0 Å². The molecule has 0 bridgehead atoms. The van der Waals surface area contributed by atoms with Crippen LogP contribution in [0.3, 0.4) is 0 Å². The van der Waals surface area contributed by atoms with Gasteiger partial charge in [0, 0.05) is 27.3 Å². The lowest BCUT2D eigenvalue weighted by molar-refractivity contribution is 0.301. The molecule has 0 unspecified atom stereocenters. The molecule has 2 heterocycles. The molecule has 6 nitrogen and oxygen atoms in total. The maximum atomic E-state index is 11.1. The Morgan fingerprint density at radius 2 is 2.41 bits per heavy atom. The van der Waals surface area contributed by atoms with Crippen molar-refractivity contribution in [1.82, 2.24) is 9.88 Å². The highest BCUT2D eigenvalue weighted by Gasteiger charge is 2.23. The highest BCUT2D eigenvalue weighted by molar-refractivity contribution is 7.51. The predicted molar refractivity (Wildman–Crippen MR) is 85.2 cm³/mol. The molecule has 1 fully saturated rings. The molecule has 1 aliphatic heterocycles. The number of hydrogen-bond donors (Lipinski definition) is 3. The number of benzene rings is 1. The molecule has 0 radical (unpaired) electrons. The van der Waals surface area contributed by atoms with Gasteiger partial charge in [0.1, 0.15) is 5.75 Å². The molecular weight excluding hydrogens is 303 g/mol. The first kappa shape index (κ1) is 12.1. The molecule has 22 heavy (non-hydrogen) atoms. The van der Waals surface area contributed by atoms with E-state index >= 15 is 0 Å². The summed E-state index contributed by atoms with van der Waals surface area (Å²) in [6.07, 6.45) is 3.30. The second-order valence-electron chi connectivity index (χ2n) is 5.62. The quantitative estimate of drug-likeness (QED) is 0.734. The van der Waals surface area contributed by atoms with E-state index in [0.29, 0.717) is 18.7 Å². The average Bonchev–Trinajstić information content (AvgIpc) is 3.12. The highest BCUT2D eigenvalue weighted by Crippen LogP contribution is 2.37. The van der Waals surface area contributed by atoms with E-state index in [4.69, 9.17) is 18.6 Å². The van der Waals surface area contributed by atoms with E-state index in [2.05, 4.69) is 4.98 Å². The van der Waals surface area contributed by atoms with E-state index in [1.165, 1.54) is 0 Å². The average molecular weight is 327 g/mol. The number of likely N-dealkylation sites (tertiary alicyclic amines) is 1. The molecule has 7 heteroatoms. The molecule has 0 amide bonds. The Hall–Kier alpha value is -1.33. The Balaban J connectivity index is 1.88. The van der Waals surface area contributed by atoms with E-state index in [9.17, 15) is 4.57 Å². The first-order valence-electron chi connectivity index (χ1n) is 8.68. The van der Waals surface area contributed by atoms with Crippen molar-refractivity contribution < 1.29 is 23.2 Å². The molecule has 1 saturated heterocycles. The Kier molecular flexibility index (Phi) is 3.34. The van der Waals surface area contributed by atoms with E-state index in [1.807, 2.05) is 12.3 Å². The number of H-pyrrole nitrogens is 1. The second-order valence-corrected chi connectivity index (χ2v) is 7.21. The van der Waals surface area contributed by atoms with Crippen LogP contribution in [-0.2, 0) is 11.0 Å². The van der Waals surface area contributed by atoms with Gasteiger partial charge in [0.15, 0.2) is 6.35 Å². The molecule has 0 aliphatic carbocycles. The summed E-state index contributed by atoms with van der Waals surface area (Å²) in [6, 6.07) is 5.15. The number of aromatic amines is 1. The summed E-state index contributed by atoms with van der Waals surface area (Å²) in [6.45, 7) is -1.57. The zero-order valence-corrected chi connectivity index (χ0v) is 12.9. The van der Waals surface area contributed by atoms with Crippen molar-refractivity contribution in [3.8, 4) is 5.75 Å². The van der Waals surface area contributed by atoms with Gasteiger partial charge in [-0.25, -0.2) is 0 Å². The standard InChI is InChI=1S/C15H21N2O4P/c1-17-7-3-4-12(17)8-11-9-16-13-5-2-6-14(15(11)13)21-10-22(18,19)20/h2,5-6,9,12,16H,3-4,7-8,10H2,1H3,(H2,18,19,20)/t12-/m1/s1/i1D3. The van der Waals surface area contributed by atoms with Crippen LogP contribution in [0.1, 0.15) is 22.5 Å². The maximum absolute atomic E-state index is 11.1. The van der Waals surface area contributed by atoms with Gasteiger partial charge in [-0.05, 0) is 50.5 Å². The molecule has 1 aromatic carbocycles. The van der Waals surface area contributed by atoms with Crippen molar-refractivity contribution in [2.45, 2.75) is 25.3 Å². The number of ether oxygens (including phenoxy) is 1. The van der Waals surface area contributed by atoms with Crippen molar-refractivity contribution in [1.29, 1.82) is 0 Å². The van der Waals surface area contributed by atoms with Gasteiger partial charge in [-0.3, -0.25) is 4.57 Å². The third-order valence-electron chi connectivity index (χ3n) is 3.97. The van der Waals surface area contributed by atoms with Crippen LogP contribution in [0.5, 0.6) is 5.75 Å². The summed E-state index contributed by atoms with van der Waals surface area (Å²) in [5, 5.41) is 0.744. The van der Waals surface area contributed by atoms with Crippen LogP contribution in [0.15, 0.2) is 24.4 Å². The fourth-order valence-corrected chi connectivity index (χ4v) is 3.26. The van der Waals surface area contributed by atoms with E-state index < -0.39 is 20.9 Å². The fourth-order valence-electron chi connectivity index (χ4n) is 2.96. The fraction of sp³-hybridized carbons (Fsp3) is 0.467. The van der Waals surface area contributed by atoms with E-state index in [-0.39, 0.29) is 6.04 Å². The molecule has 3 N–H and O–H groups in total. The molecular formula is C15H21N2O4P. The molecule has 0 spiro atoms. The van der Waals surface area contributed by atoms with Crippen molar-refractivity contribution in [3.63, 3.8) is 0 Å². The maximum Gasteiger partial charge on any atom is 0.362 e. The number of nitrogens with zero attached hydrogens (tertiary/aromatic N) is 1. The number of likely N-dealkylation sites (N-methyl/N-ethyl adjacent to an activating group) is 1. The Morgan fingerprint density at radius 3 is 3.18 bits per heavy atom. The predicted octanol–water partition coefficient (Wildman–Crippen LogP) is 2.32. The van der Waals surface area contributed by atoms with Crippen LogP contribution in [0.4, 0.5) is 0 Å². The van der Waals surface area contributed by atoms with Crippen molar-refractivity contribution in [2.24, 2.45) is 0 Å². The lowest BCUT2D eigenvalue weighted by Gasteiger charge is -2.19. The first-order valence-corrected chi connectivity index (χ1v) is 8.98. The second kappa shape index (κ2) is 6.05. The molecule has 1 aromatic heterocycles. The van der Waals surface area contributed by atoms with Gasteiger partial charge in [-0.1, -0.05) is 6.07 Å². The van der Waals surface area contributed by atoms with Crippen LogP contribution in [0.2, 0.25) is 0 Å². The zero-order chi connectivity index (χ0) is 18.2. The molecule has 3 rings (SSSR count). The van der Waals surface area contributed by atoms with Crippen molar-refractivity contribution in [2.75, 3.05) is 19.9 Å². The lowest BCUT2D eigenvalue weighted by Crippen LogP contribution is -2.26. The summed E-state index contributed by atoms with van der Waals surface area (Å²) < 4.78 is 39.4. The molecule has 120 valence electrons. The molecule has 1 aliphatic rings. The number of aromatic nitrogens is 1. The third-order valence-corrected chi connectivity index (χ3v) is 4.44. The van der Waals surface area contributed by atoms with Crippen LogP contribution in [0.25, 0.3) is 10.9 Å². The summed E-state index contributed by atoms with van der Waals surface area (Å²) in [5.74, 6) is 0.385. The van der Waals surface area contributed by atoms with Crippen LogP contribution < -0.4 is 4.74 Å². The number of nitrogens with one attached hydrogen (secondary N) is 1. The van der Waals surface area contributed by atoms with Crippen molar-refractivity contribution >= 4 is 18.5 Å².